The van der Waals surface area contributed by atoms with Crippen LogP contribution >= 0.6 is 15.9 Å². The van der Waals surface area contributed by atoms with E-state index < -0.39 is 17.8 Å². The molecular weight excluding hydrogens is 355 g/mol. The molecule has 1 aromatic carbocycles. The smallest absolute Gasteiger partial charge is 0.433 e. The normalized spacial score (nSPS) is 11.2. The van der Waals surface area contributed by atoms with Crippen LogP contribution in [0.5, 0.6) is 11.6 Å². The molecule has 0 radical (unpaired) electrons. The summed E-state index contributed by atoms with van der Waals surface area (Å²) in [7, 11) is 0. The quantitative estimate of drug-likeness (QED) is 0.882. The van der Waals surface area contributed by atoms with E-state index in [1.807, 2.05) is 0 Å². The molecule has 0 aliphatic rings. The van der Waals surface area contributed by atoms with Crippen LogP contribution in [0.15, 0.2) is 40.9 Å². The number of ether oxygens (including phenoxy) is 1. The molecule has 0 aliphatic carbocycles. The molecular formula is C13H7BrF3NO3. The summed E-state index contributed by atoms with van der Waals surface area (Å²) in [5.41, 5.74) is -1.30. The Balaban J connectivity index is 2.39. The molecule has 0 saturated heterocycles. The first-order valence-corrected chi connectivity index (χ1v) is 6.31. The monoisotopic (exact) mass is 361 g/mol. The SMILES string of the molecule is O=C(O)c1ccc(Br)cc1Oc1cccc(C(F)(F)F)n1. The lowest BCUT2D eigenvalue weighted by Crippen LogP contribution is -2.08. The van der Waals surface area contributed by atoms with Crippen LogP contribution in [0.1, 0.15) is 16.1 Å². The van der Waals surface area contributed by atoms with Gasteiger partial charge in [-0.1, -0.05) is 22.0 Å². The van der Waals surface area contributed by atoms with Crippen molar-refractivity contribution >= 4 is 21.9 Å². The zero-order valence-electron chi connectivity index (χ0n) is 10.2. The summed E-state index contributed by atoms with van der Waals surface area (Å²) in [6.45, 7) is 0. The molecule has 0 unspecified atom stereocenters. The lowest BCUT2D eigenvalue weighted by molar-refractivity contribution is -0.141. The lowest BCUT2D eigenvalue weighted by atomic mass is 10.2. The van der Waals surface area contributed by atoms with Gasteiger partial charge in [-0.3, -0.25) is 0 Å². The van der Waals surface area contributed by atoms with Crippen LogP contribution in [-0.4, -0.2) is 16.1 Å². The summed E-state index contributed by atoms with van der Waals surface area (Å²) in [6, 6.07) is 7.23. The highest BCUT2D eigenvalue weighted by Crippen LogP contribution is 2.31. The molecule has 0 saturated carbocycles. The zero-order valence-corrected chi connectivity index (χ0v) is 11.8. The van der Waals surface area contributed by atoms with Crippen LogP contribution in [0.4, 0.5) is 13.2 Å². The minimum absolute atomic E-state index is 0.108. The second-order valence-electron chi connectivity index (χ2n) is 3.91. The Morgan fingerprint density at radius 1 is 1.24 bits per heavy atom. The summed E-state index contributed by atoms with van der Waals surface area (Å²) >= 11 is 3.13. The average molecular weight is 362 g/mol. The summed E-state index contributed by atoms with van der Waals surface area (Å²) in [4.78, 5) is 14.4. The third-order valence-corrected chi connectivity index (χ3v) is 2.90. The molecule has 4 nitrogen and oxygen atoms in total. The van der Waals surface area contributed by atoms with Crippen LogP contribution < -0.4 is 4.74 Å². The van der Waals surface area contributed by atoms with Gasteiger partial charge in [0.1, 0.15) is 17.0 Å². The number of hydrogen-bond acceptors (Lipinski definition) is 3. The van der Waals surface area contributed by atoms with Crippen molar-refractivity contribution in [2.45, 2.75) is 6.18 Å². The number of hydrogen-bond donors (Lipinski definition) is 1. The van der Waals surface area contributed by atoms with Gasteiger partial charge in [-0.25, -0.2) is 9.78 Å². The maximum absolute atomic E-state index is 12.6. The van der Waals surface area contributed by atoms with E-state index in [-0.39, 0.29) is 17.2 Å². The van der Waals surface area contributed by atoms with Gasteiger partial charge in [0.05, 0.1) is 0 Å². The van der Waals surface area contributed by atoms with Crippen molar-refractivity contribution in [2.24, 2.45) is 0 Å². The Bertz CT molecular complexity index is 689. The largest absolute Gasteiger partial charge is 0.478 e. The zero-order chi connectivity index (χ0) is 15.6. The highest BCUT2D eigenvalue weighted by molar-refractivity contribution is 9.10. The number of halogens is 4. The van der Waals surface area contributed by atoms with E-state index in [9.17, 15) is 18.0 Å². The Morgan fingerprint density at radius 3 is 2.57 bits per heavy atom. The van der Waals surface area contributed by atoms with Crippen molar-refractivity contribution < 1.29 is 27.8 Å². The maximum atomic E-state index is 12.6. The minimum atomic E-state index is -4.60. The number of benzene rings is 1. The second kappa shape index (κ2) is 5.72. The second-order valence-corrected chi connectivity index (χ2v) is 4.82. The van der Waals surface area contributed by atoms with Crippen molar-refractivity contribution in [1.29, 1.82) is 0 Å². The van der Waals surface area contributed by atoms with Gasteiger partial charge in [-0.2, -0.15) is 13.2 Å². The first-order valence-electron chi connectivity index (χ1n) is 5.52. The fourth-order valence-electron chi connectivity index (χ4n) is 1.50. The number of nitrogens with zero attached hydrogens (tertiary/aromatic N) is 1. The van der Waals surface area contributed by atoms with E-state index in [1.165, 1.54) is 24.3 Å². The van der Waals surface area contributed by atoms with Crippen LogP contribution in [0.3, 0.4) is 0 Å². The van der Waals surface area contributed by atoms with Gasteiger partial charge in [0.25, 0.3) is 0 Å². The molecule has 0 amide bonds. The standard InChI is InChI=1S/C13H7BrF3NO3/c14-7-4-5-8(12(19)20)9(6-7)21-11-3-1-2-10(18-11)13(15,16)17/h1-6H,(H,19,20). The van der Waals surface area contributed by atoms with E-state index in [1.54, 1.807) is 0 Å². The molecule has 2 rings (SSSR count). The van der Waals surface area contributed by atoms with Crippen molar-refractivity contribution in [2.75, 3.05) is 0 Å². The molecule has 0 aliphatic heterocycles. The van der Waals surface area contributed by atoms with Gasteiger partial charge in [0.2, 0.25) is 5.88 Å². The number of rotatable bonds is 3. The third-order valence-electron chi connectivity index (χ3n) is 2.40. The highest BCUT2D eigenvalue weighted by atomic mass is 79.9. The average Bonchev–Trinajstić information content (AvgIpc) is 2.37. The topological polar surface area (TPSA) is 59.4 Å². The molecule has 1 N–H and O–H groups in total. The van der Waals surface area contributed by atoms with Gasteiger partial charge in [-0.05, 0) is 24.3 Å². The van der Waals surface area contributed by atoms with E-state index >= 15 is 0 Å². The van der Waals surface area contributed by atoms with E-state index in [4.69, 9.17) is 9.84 Å². The van der Waals surface area contributed by atoms with Crippen molar-refractivity contribution in [3.63, 3.8) is 0 Å². The summed E-state index contributed by atoms with van der Waals surface area (Å²) in [6.07, 6.45) is -4.60. The third kappa shape index (κ3) is 3.72. The predicted molar refractivity (Wildman–Crippen MR) is 70.4 cm³/mol. The van der Waals surface area contributed by atoms with Crippen molar-refractivity contribution in [3.8, 4) is 11.6 Å². The molecule has 21 heavy (non-hydrogen) atoms. The van der Waals surface area contributed by atoms with Crippen LogP contribution in [0.2, 0.25) is 0 Å². The van der Waals surface area contributed by atoms with Crippen LogP contribution in [0.25, 0.3) is 0 Å². The number of aromatic nitrogens is 1. The first-order chi connectivity index (χ1) is 9.77. The molecule has 1 heterocycles. The minimum Gasteiger partial charge on any atom is -0.478 e. The van der Waals surface area contributed by atoms with Gasteiger partial charge < -0.3 is 9.84 Å². The van der Waals surface area contributed by atoms with E-state index in [2.05, 4.69) is 20.9 Å². The number of aromatic carboxylic acids is 1. The molecule has 110 valence electrons. The predicted octanol–water partition coefficient (Wildman–Crippen LogP) is 4.35. The van der Waals surface area contributed by atoms with Gasteiger partial charge >= 0.3 is 12.1 Å². The highest BCUT2D eigenvalue weighted by Gasteiger charge is 2.32. The van der Waals surface area contributed by atoms with Gasteiger partial charge in [0, 0.05) is 10.5 Å². The van der Waals surface area contributed by atoms with Crippen molar-refractivity contribution in [3.05, 3.63) is 52.1 Å². The molecule has 0 bridgehead atoms. The molecule has 2 aromatic rings. The van der Waals surface area contributed by atoms with E-state index in [0.717, 1.165) is 12.1 Å². The molecule has 0 fully saturated rings. The fourth-order valence-corrected chi connectivity index (χ4v) is 1.84. The summed E-state index contributed by atoms with van der Waals surface area (Å²) < 4.78 is 43.4. The molecule has 0 spiro atoms. The number of carboxylic acid groups (broad SMARTS) is 1. The number of alkyl halides is 3. The Kier molecular flexibility index (Phi) is 4.17. The Hall–Kier alpha value is -2.09. The summed E-state index contributed by atoms with van der Waals surface area (Å²) in [5.74, 6) is -1.71. The lowest BCUT2D eigenvalue weighted by Gasteiger charge is -2.10. The number of carbonyl (C=O) groups is 1. The van der Waals surface area contributed by atoms with Crippen LogP contribution in [-0.2, 0) is 6.18 Å². The van der Waals surface area contributed by atoms with Crippen LogP contribution in [0, 0.1) is 0 Å². The fraction of sp³-hybridized carbons (Fsp3) is 0.0769. The summed E-state index contributed by atoms with van der Waals surface area (Å²) in [5, 5.41) is 9.02. The first kappa shape index (κ1) is 15.3. The molecule has 0 atom stereocenters. The molecule has 1 aromatic heterocycles. The van der Waals surface area contributed by atoms with Gasteiger partial charge in [0.15, 0.2) is 0 Å². The van der Waals surface area contributed by atoms with E-state index in [0.29, 0.717) is 4.47 Å². The number of carboxylic acids is 1. The molecule has 8 heteroatoms. The van der Waals surface area contributed by atoms with Gasteiger partial charge in [-0.15, -0.1) is 0 Å². The maximum Gasteiger partial charge on any atom is 0.433 e. The van der Waals surface area contributed by atoms with Crippen molar-refractivity contribution in [1.82, 2.24) is 4.98 Å². The number of pyridine rings is 1. The Labute approximate surface area is 125 Å². The Morgan fingerprint density at radius 2 is 1.95 bits per heavy atom.